The van der Waals surface area contributed by atoms with E-state index in [2.05, 4.69) is 65.5 Å². The van der Waals surface area contributed by atoms with Crippen LogP contribution in [0.4, 0.5) is 4.79 Å². The predicted octanol–water partition coefficient (Wildman–Crippen LogP) is -3.24. The molecule has 1 aromatic heterocycles. The topological polar surface area (TPSA) is 633 Å². The van der Waals surface area contributed by atoms with Crippen LogP contribution in [0.2, 0.25) is 0 Å². The van der Waals surface area contributed by atoms with E-state index in [-0.39, 0.29) is 105 Å². The number of carbonyl (C=O) groups excluding carboxylic acids is 10. The second kappa shape index (κ2) is 44.5. The van der Waals surface area contributed by atoms with Gasteiger partial charge in [0.05, 0.1) is 36.7 Å². The molecule has 596 valence electrons. The number of pyridine rings is 1. The van der Waals surface area contributed by atoms with Gasteiger partial charge in [0, 0.05) is 50.6 Å². The number of ether oxygens (including phenoxy) is 1. The van der Waals surface area contributed by atoms with E-state index < -0.39 is 201 Å². The Labute approximate surface area is 609 Å². The third-order valence-electron chi connectivity index (χ3n) is 15.5. The van der Waals surface area contributed by atoms with E-state index in [0.717, 1.165) is 4.90 Å². The number of aromatic nitrogens is 1. The lowest BCUT2D eigenvalue weighted by molar-refractivity contribution is -0.144. The number of rotatable bonds is 48. The average Bonchev–Trinajstić information content (AvgIpc) is 1.69. The lowest BCUT2D eigenvalue weighted by atomic mass is 10.0. The fraction of sp³-hybridized carbons (Fsp3) is 0.746. The number of nitrogens with zero attached hydrogens (tertiary/aromatic N) is 4. The third-order valence-corrected chi connectivity index (χ3v) is 18.9. The van der Waals surface area contributed by atoms with Gasteiger partial charge in [0.2, 0.25) is 53.2 Å². The highest BCUT2D eigenvalue weighted by molar-refractivity contribution is 7.80. The van der Waals surface area contributed by atoms with Crippen LogP contribution < -0.4 is 64.1 Å². The normalized spacial score (nSPS) is 16.4. The first-order chi connectivity index (χ1) is 48.0. The van der Waals surface area contributed by atoms with Crippen molar-refractivity contribution in [3.05, 3.63) is 23.5 Å². The second-order valence-electron chi connectivity index (χ2n) is 27.3. The van der Waals surface area contributed by atoms with Gasteiger partial charge < -0.3 is 118 Å². The highest BCUT2D eigenvalue weighted by atomic mass is 32.1. The number of aliphatic hydroxyl groups is 2. The van der Waals surface area contributed by atoms with Crippen molar-refractivity contribution < 1.29 is 120 Å². The van der Waals surface area contributed by atoms with E-state index in [0.29, 0.717) is 29.1 Å². The number of nitrogens with one attached hydrogen (secondary N) is 9. The lowest BCUT2D eigenvalue weighted by Crippen LogP contribution is -2.62. The van der Waals surface area contributed by atoms with Gasteiger partial charge in [0.1, 0.15) is 79.2 Å². The summed E-state index contributed by atoms with van der Waals surface area (Å²) in [6.07, 6.45) is -4.44. The molecule has 1 aliphatic heterocycles. The Balaban J connectivity index is 2.08. The molecule has 0 saturated carbocycles. The van der Waals surface area contributed by atoms with Gasteiger partial charge in [-0.05, 0) is 88.4 Å². The van der Waals surface area contributed by atoms with E-state index in [1.54, 1.807) is 55.4 Å². The number of carbonyl (C=O) groups is 10. The zero-order valence-electron chi connectivity index (χ0n) is 59.9. The maximum atomic E-state index is 14.3. The summed E-state index contributed by atoms with van der Waals surface area (Å²) in [5.41, 5.74) is 11.5. The largest absolute Gasteiger partial charge is 0.493 e. The number of thiol groups is 1. The van der Waals surface area contributed by atoms with Crippen molar-refractivity contribution in [2.75, 3.05) is 63.7 Å². The second-order valence-corrected chi connectivity index (χ2v) is 34.1. The van der Waals surface area contributed by atoms with Gasteiger partial charge in [-0.3, -0.25) is 76.2 Å². The summed E-state index contributed by atoms with van der Waals surface area (Å²) < 4.78 is 53.1. The predicted molar refractivity (Wildman–Crippen MR) is 380 cm³/mol. The zero-order chi connectivity index (χ0) is 79.4. The molecule has 104 heavy (non-hydrogen) atoms. The minimum atomic E-state index is -4.91. The van der Waals surface area contributed by atoms with Crippen molar-refractivity contribution in [2.24, 2.45) is 35.1 Å². The molecule has 1 saturated heterocycles. The number of primary amides is 1. The van der Waals surface area contributed by atoms with Crippen LogP contribution in [0, 0.1) is 23.7 Å². The first-order valence-electron chi connectivity index (χ1n) is 33.7. The van der Waals surface area contributed by atoms with Gasteiger partial charge in [-0.1, -0.05) is 55.4 Å². The molecule has 40 nitrogen and oxygen atoms in total. The van der Waals surface area contributed by atoms with Crippen LogP contribution in [0.3, 0.4) is 0 Å². The van der Waals surface area contributed by atoms with Crippen molar-refractivity contribution in [2.45, 2.75) is 194 Å². The Morgan fingerprint density at radius 2 is 1.01 bits per heavy atom. The monoisotopic (exact) mass is 1580 g/mol. The van der Waals surface area contributed by atoms with E-state index >= 15 is 0 Å². The van der Waals surface area contributed by atoms with Crippen LogP contribution in [-0.4, -0.2) is 252 Å². The number of aliphatic hydroxyl groups excluding tert-OH is 2. The van der Waals surface area contributed by atoms with Crippen LogP contribution in [0.25, 0.3) is 0 Å². The molecule has 11 amide bonds. The maximum absolute atomic E-state index is 14.3. The molecule has 1 aromatic rings. The first kappa shape index (κ1) is 94.3. The van der Waals surface area contributed by atoms with Gasteiger partial charge in [-0.25, -0.2) is 4.79 Å². The Hall–Kier alpha value is -5.80. The summed E-state index contributed by atoms with van der Waals surface area (Å²) in [4.78, 5) is 218. The summed E-state index contributed by atoms with van der Waals surface area (Å²) in [5, 5.41) is 44.0. The number of likely N-dealkylation sites (tertiary alicyclic amines) is 1. The molecular formula is C59H109N15O25P4S. The van der Waals surface area contributed by atoms with Crippen molar-refractivity contribution in [1.82, 2.24) is 67.5 Å². The van der Waals surface area contributed by atoms with Gasteiger partial charge in [0.25, 0.3) is 0 Å². The Morgan fingerprint density at radius 1 is 0.587 bits per heavy atom. The molecule has 0 spiro atoms. The SMILES string of the molecule is CC(C)C[C@H](NC(=O)[C@H](CO)NC(=O)[C@@H](NC(=O)[C@H](CS)NC(=O)[C@H](CC(C)C)NC(=O)[C@@H]1CCCN1C(=O)[C@@H](NC(=O)[C@H](CC(C)C)NC(=O)[C@@H](N)CCCCNC(=O)NCCCOc1cc(CN(CP(=O)(O)O)CP(=O)(O)O)nc(CN(CP(=O)(O)O)CP(=O)(O)O)c1)[C@@H](C)O)C(C)C)C(N)=O. The highest BCUT2D eigenvalue weighted by Gasteiger charge is 2.42. The molecule has 0 aromatic carbocycles. The molecule has 10 atom stereocenters. The first-order valence-corrected chi connectivity index (χ1v) is 41.5. The molecule has 0 aliphatic carbocycles. The molecule has 2 heterocycles. The van der Waals surface area contributed by atoms with E-state index in [1.165, 1.54) is 19.1 Å². The average molecular weight is 1580 g/mol. The number of hydrogen-bond acceptors (Lipinski definition) is 22. The van der Waals surface area contributed by atoms with Crippen molar-refractivity contribution in [1.29, 1.82) is 0 Å². The number of nitrogens with two attached hydrogens (primary N) is 2. The standard InChI is InChI=1S/C59H109N15O25P4S/c1-33(2)20-42(50(61)77)65-54(81)45(27-75)68-57(84)48(36(7)8)70-55(82)46(28-104)69-52(79)43(21-34(3)4)67-56(83)47-15-12-18-74(47)58(85)49(37(9)76)71-53(80)44(22-35(5)6)66-51(78)41(60)14-10-11-16-62-59(86)63-17-13-19-99-40-23-38(25-72(29-100(87,88)89)30-101(90,91)92)64-39(24-40)26-73(31-102(93,94)95)32-103(96,97)98/h23-24,33-37,41-49,75-76,104H,10-22,25-32,60H2,1-9H3,(H2,61,77)(H,65,81)(H,66,78)(H,67,83)(H,68,84)(H,69,79)(H,70,82)(H,71,80)(H2,62,63,86)(H2,87,88,89)(H2,90,91,92)(H2,93,94,95)(H2,96,97,98)/t37-,41+,42+,43+,44+,45+,46+,47+,48+,49+/m1/s1. The zero-order valence-corrected chi connectivity index (χ0v) is 64.3. The van der Waals surface area contributed by atoms with Crippen molar-refractivity contribution >= 4 is 102 Å². The van der Waals surface area contributed by atoms with Gasteiger partial charge >= 0.3 is 36.4 Å². The van der Waals surface area contributed by atoms with E-state index in [9.17, 15) is 116 Å². The highest BCUT2D eigenvalue weighted by Crippen LogP contribution is 2.43. The van der Waals surface area contributed by atoms with E-state index in [1.807, 2.05) is 0 Å². The molecule has 0 unspecified atom stereocenters. The number of unbranched alkanes of at least 4 members (excludes halogenated alkanes) is 1. The molecule has 1 aliphatic rings. The summed E-state index contributed by atoms with van der Waals surface area (Å²) in [6.45, 7) is 13.0. The Morgan fingerprint density at radius 3 is 1.46 bits per heavy atom. The molecule has 23 N–H and O–H groups in total. The molecule has 0 radical (unpaired) electrons. The maximum Gasteiger partial charge on any atom is 0.339 e. The summed E-state index contributed by atoms with van der Waals surface area (Å²) >= 11 is 4.26. The minimum absolute atomic E-state index is 0.00718. The van der Waals surface area contributed by atoms with Crippen LogP contribution in [0.1, 0.15) is 131 Å². The van der Waals surface area contributed by atoms with Crippen LogP contribution in [0.15, 0.2) is 12.1 Å². The fourth-order valence-corrected chi connectivity index (χ4v) is 14.2. The lowest BCUT2D eigenvalue weighted by Gasteiger charge is -2.32. The molecular weight excluding hydrogens is 1470 g/mol. The van der Waals surface area contributed by atoms with Crippen molar-refractivity contribution in [3.63, 3.8) is 0 Å². The number of amides is 11. The summed E-state index contributed by atoms with van der Waals surface area (Å²) in [5.74, 6) is -8.89. The molecule has 2 rings (SSSR count). The fourth-order valence-electron chi connectivity index (χ4n) is 10.8. The number of hydrogen-bond donors (Lipinski definition) is 22. The smallest absolute Gasteiger partial charge is 0.339 e. The Kier molecular flexibility index (Phi) is 40.3. The summed E-state index contributed by atoms with van der Waals surface area (Å²) in [6, 6.07) is -10.0. The summed E-state index contributed by atoms with van der Waals surface area (Å²) in [7, 11) is -19.6. The molecule has 45 heteroatoms. The van der Waals surface area contributed by atoms with Gasteiger partial charge in [-0.2, -0.15) is 12.6 Å². The quantitative estimate of drug-likeness (QED) is 0.0173. The van der Waals surface area contributed by atoms with Crippen LogP contribution >= 0.6 is 43.0 Å². The van der Waals surface area contributed by atoms with Crippen LogP contribution in [0.5, 0.6) is 5.75 Å². The molecule has 1 fully saturated rings. The molecule has 0 bridgehead atoms. The third kappa shape index (κ3) is 37.6. The van der Waals surface area contributed by atoms with Crippen LogP contribution in [-0.2, 0) is 74.5 Å². The number of urea groups is 1. The Bertz CT molecular complexity index is 3110. The van der Waals surface area contributed by atoms with E-state index in [4.69, 9.17) is 16.2 Å². The van der Waals surface area contributed by atoms with Crippen molar-refractivity contribution in [3.8, 4) is 5.75 Å². The van der Waals surface area contributed by atoms with Gasteiger partial charge in [-0.15, -0.1) is 0 Å². The van der Waals surface area contributed by atoms with Gasteiger partial charge in [0.15, 0.2) is 0 Å². The minimum Gasteiger partial charge on any atom is -0.493 e.